The molecule has 1 saturated carbocycles. The van der Waals surface area contributed by atoms with E-state index in [-0.39, 0.29) is 5.56 Å². The van der Waals surface area contributed by atoms with Crippen LogP contribution in [0, 0.1) is 11.6 Å². The lowest BCUT2D eigenvalue weighted by molar-refractivity contribution is 0.0853. The monoisotopic (exact) mass is 259 g/mol. The topological polar surface area (TPSA) is 29.1 Å². The minimum atomic E-state index is -0.760. The molecule has 0 bridgehead atoms. The standard InChI is InChI=1S/C12H12ClF2NO/c13-7-12(2-1-3-12)16-11(17)8-4-9(14)6-10(15)5-8/h4-6H,1-3,7H2,(H,16,17). The molecule has 1 fully saturated rings. The number of alkyl halides is 1. The van der Waals surface area contributed by atoms with Crippen molar-refractivity contribution in [2.24, 2.45) is 0 Å². The second-order valence-electron chi connectivity index (χ2n) is 4.38. The van der Waals surface area contributed by atoms with Gasteiger partial charge in [0.2, 0.25) is 0 Å². The Balaban J connectivity index is 2.14. The molecule has 0 radical (unpaired) electrons. The lowest BCUT2D eigenvalue weighted by Crippen LogP contribution is -2.55. The molecule has 0 aromatic heterocycles. The maximum Gasteiger partial charge on any atom is 0.251 e. The molecular formula is C12H12ClF2NO. The van der Waals surface area contributed by atoms with Crippen molar-refractivity contribution in [1.82, 2.24) is 5.32 Å². The van der Waals surface area contributed by atoms with Gasteiger partial charge in [0.15, 0.2) is 0 Å². The van der Waals surface area contributed by atoms with Crippen molar-refractivity contribution >= 4 is 17.5 Å². The number of amides is 1. The highest BCUT2D eigenvalue weighted by molar-refractivity contribution is 6.19. The number of carbonyl (C=O) groups is 1. The molecule has 5 heteroatoms. The molecule has 92 valence electrons. The molecule has 0 heterocycles. The Morgan fingerprint density at radius 3 is 2.29 bits per heavy atom. The third-order valence-corrected chi connectivity index (χ3v) is 3.58. The van der Waals surface area contributed by atoms with Gasteiger partial charge in [-0.15, -0.1) is 11.6 Å². The summed E-state index contributed by atoms with van der Waals surface area (Å²) in [5.74, 6) is -1.69. The van der Waals surface area contributed by atoms with Crippen LogP contribution in [0.2, 0.25) is 0 Å². The summed E-state index contributed by atoms with van der Waals surface area (Å²) in [6.45, 7) is 0. The zero-order valence-corrected chi connectivity index (χ0v) is 9.86. The zero-order chi connectivity index (χ0) is 12.5. The van der Waals surface area contributed by atoms with E-state index < -0.39 is 23.1 Å². The number of benzene rings is 1. The van der Waals surface area contributed by atoms with E-state index in [2.05, 4.69) is 5.32 Å². The number of hydrogen-bond acceptors (Lipinski definition) is 1. The van der Waals surface area contributed by atoms with E-state index in [9.17, 15) is 13.6 Å². The molecule has 1 amide bonds. The number of rotatable bonds is 3. The summed E-state index contributed by atoms with van der Waals surface area (Å²) in [5, 5.41) is 2.75. The predicted octanol–water partition coefficient (Wildman–Crippen LogP) is 2.86. The zero-order valence-electron chi connectivity index (χ0n) is 9.10. The van der Waals surface area contributed by atoms with Crippen molar-refractivity contribution in [1.29, 1.82) is 0 Å². The van der Waals surface area contributed by atoms with Crippen LogP contribution >= 0.6 is 11.6 Å². The van der Waals surface area contributed by atoms with Gasteiger partial charge in [-0.3, -0.25) is 4.79 Å². The first-order valence-corrected chi connectivity index (χ1v) is 5.93. The van der Waals surface area contributed by atoms with Crippen molar-refractivity contribution in [2.75, 3.05) is 5.88 Å². The number of carbonyl (C=O) groups excluding carboxylic acids is 1. The Hall–Kier alpha value is -1.16. The van der Waals surface area contributed by atoms with Crippen LogP contribution < -0.4 is 5.32 Å². The number of halogens is 3. The second-order valence-corrected chi connectivity index (χ2v) is 4.65. The minimum Gasteiger partial charge on any atom is -0.345 e. The lowest BCUT2D eigenvalue weighted by atomic mass is 9.78. The summed E-state index contributed by atoms with van der Waals surface area (Å²) >= 11 is 5.79. The van der Waals surface area contributed by atoms with Crippen LogP contribution in [0.15, 0.2) is 18.2 Å². The van der Waals surface area contributed by atoms with Crippen LogP contribution in [0.1, 0.15) is 29.6 Å². The van der Waals surface area contributed by atoms with Crippen LogP contribution in [0.4, 0.5) is 8.78 Å². The van der Waals surface area contributed by atoms with Crippen molar-refractivity contribution in [3.05, 3.63) is 35.4 Å². The summed E-state index contributed by atoms with van der Waals surface area (Å²) in [5.41, 5.74) is -0.416. The van der Waals surface area contributed by atoms with E-state index in [0.717, 1.165) is 37.5 Å². The van der Waals surface area contributed by atoms with Gasteiger partial charge in [0.25, 0.3) is 5.91 Å². The maximum absolute atomic E-state index is 13.0. The maximum atomic E-state index is 13.0. The fourth-order valence-corrected chi connectivity index (χ4v) is 2.23. The quantitative estimate of drug-likeness (QED) is 0.831. The molecule has 1 aromatic rings. The summed E-state index contributed by atoms with van der Waals surface area (Å²) in [6, 6.07) is 2.76. The first kappa shape index (κ1) is 12.3. The van der Waals surface area contributed by atoms with Gasteiger partial charge in [-0.05, 0) is 31.4 Å². The Morgan fingerprint density at radius 2 is 1.88 bits per heavy atom. The van der Waals surface area contributed by atoms with Gasteiger partial charge in [0, 0.05) is 17.5 Å². The van der Waals surface area contributed by atoms with Gasteiger partial charge in [0.1, 0.15) is 11.6 Å². The molecule has 1 N–H and O–H groups in total. The Morgan fingerprint density at radius 1 is 1.29 bits per heavy atom. The third-order valence-electron chi connectivity index (χ3n) is 3.07. The van der Waals surface area contributed by atoms with Crippen molar-refractivity contribution in [3.63, 3.8) is 0 Å². The molecule has 2 nitrogen and oxygen atoms in total. The lowest BCUT2D eigenvalue weighted by Gasteiger charge is -2.41. The van der Waals surface area contributed by atoms with Crippen LogP contribution in [0.25, 0.3) is 0 Å². The molecular weight excluding hydrogens is 248 g/mol. The number of nitrogens with one attached hydrogen (secondary N) is 1. The molecule has 0 spiro atoms. The second kappa shape index (κ2) is 4.61. The normalized spacial score (nSPS) is 17.4. The molecule has 2 rings (SSSR count). The van der Waals surface area contributed by atoms with Crippen LogP contribution in [0.5, 0.6) is 0 Å². The Kier molecular flexibility index (Phi) is 3.33. The highest BCUT2D eigenvalue weighted by Gasteiger charge is 2.37. The van der Waals surface area contributed by atoms with E-state index >= 15 is 0 Å². The first-order valence-electron chi connectivity index (χ1n) is 5.39. The largest absolute Gasteiger partial charge is 0.345 e. The molecule has 0 saturated heterocycles. The fourth-order valence-electron chi connectivity index (χ4n) is 1.89. The average molecular weight is 260 g/mol. The minimum absolute atomic E-state index is 0.0149. The van der Waals surface area contributed by atoms with Gasteiger partial charge in [-0.1, -0.05) is 0 Å². The average Bonchev–Trinajstić information content (AvgIpc) is 2.21. The van der Waals surface area contributed by atoms with Gasteiger partial charge >= 0.3 is 0 Å². The third kappa shape index (κ3) is 2.57. The molecule has 17 heavy (non-hydrogen) atoms. The highest BCUT2D eigenvalue weighted by Crippen LogP contribution is 2.33. The smallest absolute Gasteiger partial charge is 0.251 e. The van der Waals surface area contributed by atoms with Crippen molar-refractivity contribution in [3.8, 4) is 0 Å². The van der Waals surface area contributed by atoms with E-state index in [0.29, 0.717) is 5.88 Å². The summed E-state index contributed by atoms with van der Waals surface area (Å²) in [7, 11) is 0. The molecule has 0 unspecified atom stereocenters. The van der Waals surface area contributed by atoms with Gasteiger partial charge in [-0.25, -0.2) is 8.78 Å². The van der Waals surface area contributed by atoms with Gasteiger partial charge in [0.05, 0.1) is 5.54 Å². The predicted molar refractivity (Wildman–Crippen MR) is 61.1 cm³/mol. The van der Waals surface area contributed by atoms with Crippen LogP contribution in [0.3, 0.4) is 0 Å². The van der Waals surface area contributed by atoms with E-state index in [1.807, 2.05) is 0 Å². The molecule has 1 aliphatic carbocycles. The Labute approximate surface area is 103 Å². The molecule has 1 aliphatic rings. The molecule has 0 atom stereocenters. The fraction of sp³-hybridized carbons (Fsp3) is 0.417. The van der Waals surface area contributed by atoms with Gasteiger partial charge < -0.3 is 5.32 Å². The molecule has 1 aromatic carbocycles. The van der Waals surface area contributed by atoms with E-state index in [1.165, 1.54) is 0 Å². The Bertz CT molecular complexity index is 420. The SMILES string of the molecule is O=C(NC1(CCl)CCC1)c1cc(F)cc(F)c1. The van der Waals surface area contributed by atoms with Crippen LogP contribution in [-0.4, -0.2) is 17.3 Å². The van der Waals surface area contributed by atoms with E-state index in [1.54, 1.807) is 0 Å². The van der Waals surface area contributed by atoms with E-state index in [4.69, 9.17) is 11.6 Å². The number of hydrogen-bond donors (Lipinski definition) is 1. The summed E-state index contributed by atoms with van der Waals surface area (Å²) < 4.78 is 25.9. The van der Waals surface area contributed by atoms with Gasteiger partial charge in [-0.2, -0.15) is 0 Å². The van der Waals surface area contributed by atoms with Crippen molar-refractivity contribution in [2.45, 2.75) is 24.8 Å². The summed E-state index contributed by atoms with van der Waals surface area (Å²) in [6.07, 6.45) is 2.62. The first-order chi connectivity index (χ1) is 8.04. The molecule has 0 aliphatic heterocycles. The summed E-state index contributed by atoms with van der Waals surface area (Å²) in [4.78, 5) is 11.8. The highest BCUT2D eigenvalue weighted by atomic mass is 35.5. The van der Waals surface area contributed by atoms with Crippen molar-refractivity contribution < 1.29 is 13.6 Å². The van der Waals surface area contributed by atoms with Crippen LogP contribution in [-0.2, 0) is 0 Å².